The van der Waals surface area contributed by atoms with Crippen molar-refractivity contribution in [3.63, 3.8) is 0 Å². The lowest BCUT2D eigenvalue weighted by Gasteiger charge is -2.41. The third-order valence-electron chi connectivity index (χ3n) is 6.55. The lowest BCUT2D eigenvalue weighted by Crippen LogP contribution is -2.51. The van der Waals surface area contributed by atoms with E-state index in [1.165, 1.54) is 5.56 Å². The molecule has 2 aliphatic rings. The number of hydrogen-bond donors (Lipinski definition) is 0. The summed E-state index contributed by atoms with van der Waals surface area (Å²) in [4.78, 5) is 20.2. The van der Waals surface area contributed by atoms with Gasteiger partial charge in [-0.3, -0.25) is 9.78 Å². The fourth-order valence-electron chi connectivity index (χ4n) is 4.82. The van der Waals surface area contributed by atoms with E-state index >= 15 is 0 Å². The third kappa shape index (κ3) is 4.15. The minimum atomic E-state index is -0.482. The fraction of sp³-hybridized carbons (Fsp3) is 0.500. The Morgan fingerprint density at radius 1 is 1.17 bits per heavy atom. The average molecular weight is 395 g/mol. The van der Waals surface area contributed by atoms with Gasteiger partial charge in [0.15, 0.2) is 0 Å². The van der Waals surface area contributed by atoms with Crippen LogP contribution >= 0.6 is 0 Å². The Morgan fingerprint density at radius 3 is 2.59 bits per heavy atom. The molecule has 5 nitrogen and oxygen atoms in total. The first kappa shape index (κ1) is 19.9. The second-order valence-electron chi connectivity index (χ2n) is 8.11. The first-order valence-electron chi connectivity index (χ1n) is 10.7. The standard InChI is InChI=1S/C24H30N2O3/c1-28-22-8-5-20(6-9-22)24(12-17-29-18-13-24)23(27)26-16-2-3-21(26)7-4-19-10-14-25-15-11-19/h5-6,8-11,14-15,21H,2-4,7,12-13,16-18H2,1H3/t21-/m0/s1. The van der Waals surface area contributed by atoms with Crippen molar-refractivity contribution in [1.29, 1.82) is 0 Å². The second-order valence-corrected chi connectivity index (χ2v) is 8.11. The summed E-state index contributed by atoms with van der Waals surface area (Å²) in [5, 5.41) is 0. The molecule has 0 unspecified atom stereocenters. The van der Waals surface area contributed by atoms with Crippen LogP contribution in [0.15, 0.2) is 48.8 Å². The van der Waals surface area contributed by atoms with Gasteiger partial charge in [0, 0.05) is 38.2 Å². The smallest absolute Gasteiger partial charge is 0.233 e. The molecule has 2 fully saturated rings. The van der Waals surface area contributed by atoms with Crippen molar-refractivity contribution < 1.29 is 14.3 Å². The van der Waals surface area contributed by atoms with Gasteiger partial charge in [0.1, 0.15) is 5.75 Å². The molecule has 0 saturated carbocycles. The molecule has 154 valence electrons. The van der Waals surface area contributed by atoms with Crippen molar-refractivity contribution in [2.24, 2.45) is 0 Å². The van der Waals surface area contributed by atoms with Gasteiger partial charge in [0.2, 0.25) is 5.91 Å². The number of pyridine rings is 1. The number of amides is 1. The van der Waals surface area contributed by atoms with E-state index < -0.39 is 5.41 Å². The van der Waals surface area contributed by atoms with Crippen molar-refractivity contribution in [1.82, 2.24) is 9.88 Å². The largest absolute Gasteiger partial charge is 0.497 e. The number of aromatic nitrogens is 1. The highest BCUT2D eigenvalue weighted by Gasteiger charge is 2.46. The van der Waals surface area contributed by atoms with Gasteiger partial charge in [-0.2, -0.15) is 0 Å². The van der Waals surface area contributed by atoms with Gasteiger partial charge in [-0.15, -0.1) is 0 Å². The molecular weight excluding hydrogens is 364 g/mol. The molecule has 1 aromatic heterocycles. The molecule has 1 amide bonds. The molecule has 5 heteroatoms. The minimum Gasteiger partial charge on any atom is -0.497 e. The molecular formula is C24H30N2O3. The number of rotatable bonds is 6. The van der Waals surface area contributed by atoms with Gasteiger partial charge in [-0.1, -0.05) is 12.1 Å². The van der Waals surface area contributed by atoms with E-state index in [2.05, 4.69) is 34.1 Å². The zero-order valence-electron chi connectivity index (χ0n) is 17.2. The van der Waals surface area contributed by atoms with Crippen molar-refractivity contribution >= 4 is 5.91 Å². The van der Waals surface area contributed by atoms with Crippen LogP contribution in [-0.4, -0.2) is 48.7 Å². The molecule has 2 aliphatic heterocycles. The minimum absolute atomic E-state index is 0.281. The summed E-state index contributed by atoms with van der Waals surface area (Å²) in [6.45, 7) is 2.12. The lowest BCUT2D eigenvalue weighted by atomic mass is 9.72. The Hall–Kier alpha value is -2.40. The zero-order chi connectivity index (χ0) is 20.1. The molecule has 1 atom stereocenters. The highest BCUT2D eigenvalue weighted by molar-refractivity contribution is 5.89. The van der Waals surface area contributed by atoms with Crippen LogP contribution in [0.2, 0.25) is 0 Å². The highest BCUT2D eigenvalue weighted by atomic mass is 16.5. The van der Waals surface area contributed by atoms with E-state index in [1.807, 2.05) is 24.5 Å². The van der Waals surface area contributed by atoms with Crippen LogP contribution in [-0.2, 0) is 21.4 Å². The van der Waals surface area contributed by atoms with Crippen molar-refractivity contribution in [2.75, 3.05) is 26.9 Å². The Labute approximate surface area is 173 Å². The van der Waals surface area contributed by atoms with Crippen LogP contribution in [0.25, 0.3) is 0 Å². The van der Waals surface area contributed by atoms with Crippen LogP contribution in [0.1, 0.15) is 43.2 Å². The molecule has 0 spiro atoms. The monoisotopic (exact) mass is 394 g/mol. The summed E-state index contributed by atoms with van der Waals surface area (Å²) in [5.41, 5.74) is 1.89. The van der Waals surface area contributed by atoms with Crippen LogP contribution < -0.4 is 4.74 Å². The van der Waals surface area contributed by atoms with Crippen molar-refractivity contribution in [3.05, 3.63) is 59.9 Å². The molecule has 0 radical (unpaired) electrons. The Balaban J connectivity index is 1.54. The topological polar surface area (TPSA) is 51.7 Å². The maximum absolute atomic E-state index is 13.9. The van der Waals surface area contributed by atoms with E-state index in [0.29, 0.717) is 19.3 Å². The zero-order valence-corrected chi connectivity index (χ0v) is 17.2. The first-order chi connectivity index (χ1) is 14.2. The van der Waals surface area contributed by atoms with E-state index in [4.69, 9.17) is 9.47 Å². The number of carbonyl (C=O) groups is 1. The number of aryl methyl sites for hydroxylation is 1. The van der Waals surface area contributed by atoms with Crippen LogP contribution in [0.5, 0.6) is 5.75 Å². The third-order valence-corrected chi connectivity index (χ3v) is 6.55. The molecule has 0 aliphatic carbocycles. The highest BCUT2D eigenvalue weighted by Crippen LogP contribution is 2.39. The number of nitrogens with zero attached hydrogens (tertiary/aromatic N) is 2. The average Bonchev–Trinajstić information content (AvgIpc) is 3.27. The number of methoxy groups -OCH3 is 1. The molecule has 0 bridgehead atoms. The number of hydrogen-bond acceptors (Lipinski definition) is 4. The van der Waals surface area contributed by atoms with Crippen molar-refractivity contribution in [2.45, 2.75) is 50.0 Å². The predicted octanol–water partition coefficient (Wildman–Crippen LogP) is 3.76. The number of carbonyl (C=O) groups excluding carboxylic acids is 1. The van der Waals surface area contributed by atoms with Crippen LogP contribution in [0.3, 0.4) is 0 Å². The molecule has 29 heavy (non-hydrogen) atoms. The van der Waals surface area contributed by atoms with Crippen molar-refractivity contribution in [3.8, 4) is 5.75 Å². The van der Waals surface area contributed by atoms with Gasteiger partial charge < -0.3 is 14.4 Å². The lowest BCUT2D eigenvalue weighted by molar-refractivity contribution is -0.142. The Kier molecular flexibility index (Phi) is 6.14. The Morgan fingerprint density at radius 2 is 1.90 bits per heavy atom. The summed E-state index contributed by atoms with van der Waals surface area (Å²) < 4.78 is 11.0. The summed E-state index contributed by atoms with van der Waals surface area (Å²) in [6, 6.07) is 12.5. The normalized spacial score (nSPS) is 21.1. The summed E-state index contributed by atoms with van der Waals surface area (Å²) >= 11 is 0. The first-order valence-corrected chi connectivity index (χ1v) is 10.7. The molecule has 3 heterocycles. The molecule has 2 saturated heterocycles. The van der Waals surface area contributed by atoms with Gasteiger partial charge in [-0.25, -0.2) is 0 Å². The molecule has 2 aromatic rings. The van der Waals surface area contributed by atoms with E-state index in [9.17, 15) is 4.79 Å². The molecule has 4 rings (SSSR count). The SMILES string of the molecule is COc1ccc(C2(C(=O)N3CCC[C@H]3CCc3ccncc3)CCOCC2)cc1. The van der Waals surface area contributed by atoms with Gasteiger partial charge >= 0.3 is 0 Å². The Bertz CT molecular complexity index is 801. The number of likely N-dealkylation sites (tertiary alicyclic amines) is 1. The quantitative estimate of drug-likeness (QED) is 0.749. The van der Waals surface area contributed by atoms with Crippen LogP contribution in [0, 0.1) is 0 Å². The number of ether oxygens (including phenoxy) is 2. The maximum atomic E-state index is 13.9. The number of benzene rings is 1. The summed E-state index contributed by atoms with van der Waals surface area (Å²) in [7, 11) is 1.67. The van der Waals surface area contributed by atoms with Gasteiger partial charge in [-0.05, 0) is 73.9 Å². The maximum Gasteiger partial charge on any atom is 0.233 e. The van der Waals surface area contributed by atoms with E-state index in [1.54, 1.807) is 7.11 Å². The summed E-state index contributed by atoms with van der Waals surface area (Å²) in [6.07, 6.45) is 9.33. The predicted molar refractivity (Wildman–Crippen MR) is 112 cm³/mol. The van der Waals surface area contributed by atoms with Crippen LogP contribution in [0.4, 0.5) is 0 Å². The van der Waals surface area contributed by atoms with Gasteiger partial charge in [0.05, 0.1) is 12.5 Å². The summed E-state index contributed by atoms with van der Waals surface area (Å²) in [5.74, 6) is 1.10. The fourth-order valence-corrected chi connectivity index (χ4v) is 4.82. The van der Waals surface area contributed by atoms with Gasteiger partial charge in [0.25, 0.3) is 0 Å². The second kappa shape index (κ2) is 8.95. The molecule has 1 aromatic carbocycles. The van der Waals surface area contributed by atoms with E-state index in [0.717, 1.165) is 56.4 Å². The molecule has 0 N–H and O–H groups in total. The van der Waals surface area contributed by atoms with E-state index in [-0.39, 0.29) is 5.91 Å².